The summed E-state index contributed by atoms with van der Waals surface area (Å²) in [5.74, 6) is -1.90. The minimum atomic E-state index is -0.711. The lowest BCUT2D eigenvalue weighted by Gasteiger charge is -2.39. The quantitative estimate of drug-likeness (QED) is 0.241. The zero-order chi connectivity index (χ0) is 25.1. The Labute approximate surface area is 208 Å². The monoisotopic (exact) mass is 492 g/mol. The number of fused-ring (bicyclic) bond motifs is 1. The molecular weight excluding hydrogens is 452 g/mol. The fourth-order valence-corrected chi connectivity index (χ4v) is 8.44. The molecule has 6 atom stereocenters. The summed E-state index contributed by atoms with van der Waals surface area (Å²) in [6.07, 6.45) is 7.72. The van der Waals surface area contributed by atoms with Gasteiger partial charge in [-0.05, 0) is 39.0 Å². The summed E-state index contributed by atoms with van der Waals surface area (Å²) in [5.41, 5.74) is 0. The van der Waals surface area contributed by atoms with Crippen molar-refractivity contribution < 1.29 is 24.2 Å². The first-order chi connectivity index (χ1) is 16.3. The summed E-state index contributed by atoms with van der Waals surface area (Å²) < 4.78 is 4.42. The fraction of sp³-hybridized carbons (Fsp3) is 0.731. The van der Waals surface area contributed by atoms with Crippen LogP contribution in [0.2, 0.25) is 0 Å². The number of aliphatic hydroxyl groups is 1. The normalized spacial score (nSPS) is 32.4. The number of carbonyl (C=O) groups is 3. The average molecular weight is 493 g/mol. The van der Waals surface area contributed by atoms with E-state index in [0.717, 1.165) is 19.3 Å². The van der Waals surface area contributed by atoms with E-state index in [1.807, 2.05) is 13.8 Å². The van der Waals surface area contributed by atoms with E-state index in [1.165, 1.54) is 0 Å². The zero-order valence-corrected chi connectivity index (χ0v) is 21.6. The molecule has 0 aromatic heterocycles. The summed E-state index contributed by atoms with van der Waals surface area (Å²) in [6.45, 7) is 14.5. The van der Waals surface area contributed by atoms with Crippen LogP contribution in [0.1, 0.15) is 59.3 Å². The molecule has 1 spiro atoms. The van der Waals surface area contributed by atoms with Crippen LogP contribution in [-0.2, 0) is 19.1 Å². The van der Waals surface area contributed by atoms with Crippen molar-refractivity contribution >= 4 is 29.5 Å². The molecule has 0 aromatic carbocycles. The van der Waals surface area contributed by atoms with Gasteiger partial charge in [0.15, 0.2) is 0 Å². The second-order valence-electron chi connectivity index (χ2n) is 9.89. The first-order valence-electron chi connectivity index (χ1n) is 12.6. The molecule has 190 valence electrons. The third-order valence-corrected chi connectivity index (χ3v) is 9.77. The number of esters is 1. The van der Waals surface area contributed by atoms with Gasteiger partial charge in [0.25, 0.3) is 0 Å². The van der Waals surface area contributed by atoms with Crippen molar-refractivity contribution in [1.29, 1.82) is 0 Å². The van der Waals surface area contributed by atoms with Crippen LogP contribution in [0.25, 0.3) is 0 Å². The number of carbonyl (C=O) groups excluding carboxylic acids is 3. The predicted molar refractivity (Wildman–Crippen MR) is 134 cm³/mol. The van der Waals surface area contributed by atoms with Gasteiger partial charge in [-0.15, -0.1) is 24.9 Å². The standard InChI is InChI=1S/C26H40N2O5S/c1-6-10-15-27(14-8-3)23(31)21-26-13-12-25(5,34-26)20(24(32)33-16-11-7-2)19(26)22(30)28(21)18(9-4)17-29/h7-8,18-21,29H,2-3,6,9-17H2,1,4-5H3/t18-,19-,20+,21?,25-,26?/m0/s1. The van der Waals surface area contributed by atoms with Crippen molar-refractivity contribution in [1.82, 2.24) is 9.80 Å². The molecule has 3 rings (SSSR count). The van der Waals surface area contributed by atoms with Gasteiger partial charge in [-0.1, -0.05) is 32.4 Å². The van der Waals surface area contributed by atoms with Crippen LogP contribution in [-0.4, -0.2) is 80.6 Å². The highest BCUT2D eigenvalue weighted by molar-refractivity contribution is 8.02. The summed E-state index contributed by atoms with van der Waals surface area (Å²) in [5, 5.41) is 10.1. The molecule has 0 saturated carbocycles. The number of unbranched alkanes of at least 4 members (excludes halogenated alkanes) is 1. The van der Waals surface area contributed by atoms with Crippen LogP contribution in [0, 0.1) is 11.8 Å². The number of hydrogen-bond acceptors (Lipinski definition) is 6. The molecule has 0 aliphatic carbocycles. The van der Waals surface area contributed by atoms with Gasteiger partial charge in [0.05, 0.1) is 35.8 Å². The topological polar surface area (TPSA) is 87.1 Å². The molecule has 0 aromatic rings. The van der Waals surface area contributed by atoms with Crippen molar-refractivity contribution in [2.75, 3.05) is 26.3 Å². The number of nitrogens with zero attached hydrogens (tertiary/aromatic N) is 2. The number of hydrogen-bond donors (Lipinski definition) is 1. The second kappa shape index (κ2) is 10.9. The molecule has 0 radical (unpaired) electrons. The van der Waals surface area contributed by atoms with Crippen molar-refractivity contribution in [2.24, 2.45) is 11.8 Å². The van der Waals surface area contributed by atoms with Crippen LogP contribution in [0.15, 0.2) is 25.3 Å². The highest BCUT2D eigenvalue weighted by Gasteiger charge is 2.78. The molecule has 3 aliphatic heterocycles. The van der Waals surface area contributed by atoms with Crippen LogP contribution in [0.3, 0.4) is 0 Å². The molecule has 2 unspecified atom stereocenters. The Kier molecular flexibility index (Phi) is 8.56. The maximum atomic E-state index is 14.1. The Morgan fingerprint density at radius 2 is 2.06 bits per heavy atom. The van der Waals surface area contributed by atoms with Crippen molar-refractivity contribution in [2.45, 2.75) is 80.9 Å². The van der Waals surface area contributed by atoms with Gasteiger partial charge in [0.2, 0.25) is 11.8 Å². The predicted octanol–water partition coefficient (Wildman–Crippen LogP) is 3.17. The highest BCUT2D eigenvalue weighted by atomic mass is 32.2. The molecule has 3 heterocycles. The molecule has 3 fully saturated rings. The van der Waals surface area contributed by atoms with Gasteiger partial charge >= 0.3 is 5.97 Å². The summed E-state index contributed by atoms with van der Waals surface area (Å²) in [7, 11) is 0. The smallest absolute Gasteiger partial charge is 0.311 e. The maximum absolute atomic E-state index is 14.1. The second-order valence-corrected chi connectivity index (χ2v) is 11.8. The van der Waals surface area contributed by atoms with Gasteiger partial charge < -0.3 is 19.6 Å². The Balaban J connectivity index is 2.05. The minimum absolute atomic E-state index is 0.103. The zero-order valence-electron chi connectivity index (χ0n) is 20.8. The third-order valence-electron chi connectivity index (χ3n) is 7.79. The molecule has 3 saturated heterocycles. The van der Waals surface area contributed by atoms with E-state index in [4.69, 9.17) is 4.74 Å². The molecule has 3 aliphatic rings. The number of amides is 2. The van der Waals surface area contributed by atoms with Crippen LogP contribution in [0.4, 0.5) is 0 Å². The molecular formula is C26H40N2O5S. The lowest BCUT2D eigenvalue weighted by molar-refractivity contribution is -0.156. The van der Waals surface area contributed by atoms with Crippen molar-refractivity contribution in [3.63, 3.8) is 0 Å². The van der Waals surface area contributed by atoms with Gasteiger partial charge in [-0.3, -0.25) is 14.4 Å². The first-order valence-corrected chi connectivity index (χ1v) is 13.4. The lowest BCUT2D eigenvalue weighted by atomic mass is 9.66. The molecule has 1 N–H and O–H groups in total. The number of rotatable bonds is 13. The van der Waals surface area contributed by atoms with E-state index in [-0.39, 0.29) is 31.0 Å². The summed E-state index contributed by atoms with van der Waals surface area (Å²) in [4.78, 5) is 44.8. The van der Waals surface area contributed by atoms with Gasteiger partial charge in [-0.2, -0.15) is 0 Å². The maximum Gasteiger partial charge on any atom is 0.311 e. The van der Waals surface area contributed by atoms with E-state index in [0.29, 0.717) is 32.4 Å². The van der Waals surface area contributed by atoms with Crippen molar-refractivity contribution in [3.05, 3.63) is 25.3 Å². The van der Waals surface area contributed by atoms with Gasteiger partial charge in [0.1, 0.15) is 6.04 Å². The van der Waals surface area contributed by atoms with Crippen LogP contribution < -0.4 is 0 Å². The third kappa shape index (κ3) is 4.32. The molecule has 8 heteroatoms. The Morgan fingerprint density at radius 3 is 2.65 bits per heavy atom. The van der Waals surface area contributed by atoms with E-state index >= 15 is 0 Å². The van der Waals surface area contributed by atoms with Gasteiger partial charge in [-0.25, -0.2) is 0 Å². The van der Waals surface area contributed by atoms with Crippen LogP contribution in [0.5, 0.6) is 0 Å². The molecule has 2 amide bonds. The lowest BCUT2D eigenvalue weighted by Crippen LogP contribution is -2.57. The number of thioether (sulfide) groups is 1. The van der Waals surface area contributed by atoms with Crippen LogP contribution >= 0.6 is 11.8 Å². The Morgan fingerprint density at radius 1 is 1.32 bits per heavy atom. The SMILES string of the molecule is C=CCCOC(=O)[C@H]1[C@H]2C(=O)N([C@@H](CC)CO)C(C(=O)N(CC=C)CCCC)C23CC[C@]1(C)S3. The van der Waals surface area contributed by atoms with E-state index in [9.17, 15) is 19.5 Å². The van der Waals surface area contributed by atoms with E-state index in [1.54, 1.807) is 33.7 Å². The Hall–Kier alpha value is -1.80. The molecule has 34 heavy (non-hydrogen) atoms. The number of ether oxygens (including phenoxy) is 1. The highest BCUT2D eigenvalue weighted by Crippen LogP contribution is 2.71. The Bertz CT molecular complexity index is 815. The molecule has 7 nitrogen and oxygen atoms in total. The van der Waals surface area contributed by atoms with E-state index in [2.05, 4.69) is 20.1 Å². The first kappa shape index (κ1) is 26.8. The van der Waals surface area contributed by atoms with E-state index < -0.39 is 33.4 Å². The molecule has 2 bridgehead atoms. The summed E-state index contributed by atoms with van der Waals surface area (Å²) in [6, 6.07) is -1.18. The summed E-state index contributed by atoms with van der Waals surface area (Å²) >= 11 is 1.63. The van der Waals surface area contributed by atoms with Crippen molar-refractivity contribution in [3.8, 4) is 0 Å². The fourth-order valence-electron chi connectivity index (χ4n) is 6.11. The van der Waals surface area contributed by atoms with Gasteiger partial charge in [0, 0.05) is 17.8 Å². The number of likely N-dealkylation sites (tertiary alicyclic amines) is 1. The largest absolute Gasteiger partial charge is 0.465 e. The minimum Gasteiger partial charge on any atom is -0.465 e. The average Bonchev–Trinajstić information content (AvgIpc) is 3.38. The number of aliphatic hydroxyl groups excluding tert-OH is 1.